The van der Waals surface area contributed by atoms with Crippen molar-refractivity contribution in [1.29, 1.82) is 0 Å². The first-order chi connectivity index (χ1) is 13.8. The number of benzene rings is 2. The number of quaternary nitrogens is 1. The van der Waals surface area contributed by atoms with Crippen LogP contribution < -0.4 is 8.63 Å². The Morgan fingerprint density at radius 3 is 2.41 bits per heavy atom. The van der Waals surface area contributed by atoms with Crippen LogP contribution in [0.2, 0.25) is 0 Å². The number of ether oxygens (including phenoxy) is 1. The zero-order valence-corrected chi connectivity index (χ0v) is 19.4. The molecular formula is C22H27BrNO4S+. The highest BCUT2D eigenvalue weighted by Gasteiger charge is 2.61. The highest BCUT2D eigenvalue weighted by Crippen LogP contribution is 2.48. The van der Waals surface area contributed by atoms with Gasteiger partial charge in [-0.15, -0.1) is 3.89 Å². The lowest BCUT2D eigenvalue weighted by Gasteiger charge is -2.42. The van der Waals surface area contributed by atoms with Gasteiger partial charge in [0.05, 0.1) is 12.5 Å². The summed E-state index contributed by atoms with van der Waals surface area (Å²) in [5, 5.41) is 0.880. The van der Waals surface area contributed by atoms with E-state index < -0.39 is 25.9 Å². The molecular weight excluding hydrogens is 454 g/mol. The summed E-state index contributed by atoms with van der Waals surface area (Å²) < 4.78 is 33.1. The molecule has 1 amide bonds. The Bertz CT molecular complexity index is 1010. The lowest BCUT2D eigenvalue weighted by atomic mass is 9.98. The van der Waals surface area contributed by atoms with Crippen molar-refractivity contribution in [2.45, 2.75) is 50.5 Å². The summed E-state index contributed by atoms with van der Waals surface area (Å²) in [4.78, 5) is 13.9. The van der Waals surface area contributed by atoms with Crippen molar-refractivity contribution < 1.29 is 17.9 Å². The minimum Gasteiger partial charge on any atom is -0.487 e. The average Bonchev–Trinajstić information content (AvgIpc) is 2.70. The molecule has 0 fully saturated rings. The van der Waals surface area contributed by atoms with Gasteiger partial charge in [0.2, 0.25) is 0 Å². The van der Waals surface area contributed by atoms with Gasteiger partial charge in [-0.3, -0.25) is 0 Å². The number of hydrogen-bond donors (Lipinski definition) is 0. The maximum atomic E-state index is 13.9. The normalized spacial score (nSPS) is 23.1. The highest BCUT2D eigenvalue weighted by atomic mass is 79.9. The predicted octanol–water partition coefficient (Wildman–Crippen LogP) is 4.99. The molecule has 2 aromatic rings. The van der Waals surface area contributed by atoms with Crippen LogP contribution in [-0.4, -0.2) is 32.3 Å². The molecule has 1 aliphatic rings. The van der Waals surface area contributed by atoms with Crippen LogP contribution in [0.1, 0.15) is 45.1 Å². The van der Waals surface area contributed by atoms with Crippen molar-refractivity contribution in [3.8, 4) is 5.75 Å². The molecule has 2 aromatic carbocycles. The molecule has 3 rings (SSSR count). The van der Waals surface area contributed by atoms with Crippen LogP contribution in [0.5, 0.6) is 5.75 Å². The predicted molar refractivity (Wildman–Crippen MR) is 119 cm³/mol. The number of nitrogens with zero attached hydrogens (tertiary/aromatic N) is 1. The fraction of sp³-hybridized carbons (Fsp3) is 0.409. The van der Waals surface area contributed by atoms with E-state index in [2.05, 4.69) is 15.9 Å². The second kappa shape index (κ2) is 8.58. The van der Waals surface area contributed by atoms with E-state index in [9.17, 15) is 13.2 Å². The summed E-state index contributed by atoms with van der Waals surface area (Å²) in [7, 11) is -4.04. The van der Waals surface area contributed by atoms with Crippen LogP contribution in [0.4, 0.5) is 5.69 Å². The summed E-state index contributed by atoms with van der Waals surface area (Å²) in [6.07, 6.45) is 1.79. The van der Waals surface area contributed by atoms with Gasteiger partial charge in [0.25, 0.3) is 0 Å². The quantitative estimate of drug-likeness (QED) is 0.318. The smallest absolute Gasteiger partial charge is 0.341 e. The molecule has 156 valence electrons. The van der Waals surface area contributed by atoms with Crippen molar-refractivity contribution in [2.75, 3.05) is 11.9 Å². The zero-order valence-electron chi connectivity index (χ0n) is 17.0. The monoisotopic (exact) mass is 480 g/mol. The Balaban J connectivity index is 2.24. The molecule has 7 heteroatoms. The van der Waals surface area contributed by atoms with Gasteiger partial charge in [-0.1, -0.05) is 46.3 Å². The van der Waals surface area contributed by atoms with Gasteiger partial charge in [-0.25, -0.2) is 4.79 Å². The summed E-state index contributed by atoms with van der Waals surface area (Å²) in [6.45, 7) is 5.79. The number of halogens is 1. The third kappa shape index (κ3) is 3.43. The molecule has 0 spiro atoms. The molecule has 0 aliphatic carbocycles. The molecule has 0 radical (unpaired) electrons. The Kier molecular flexibility index (Phi) is 6.51. The molecule has 0 N–H and O–H groups in total. The summed E-state index contributed by atoms with van der Waals surface area (Å²) in [5.74, 6) is -0.451. The Morgan fingerprint density at radius 2 is 1.72 bits per heavy atom. The average molecular weight is 481 g/mol. The maximum Gasteiger partial charge on any atom is 0.341 e. The van der Waals surface area contributed by atoms with Gasteiger partial charge in [-0.2, -0.15) is 8.42 Å². The molecule has 5 nitrogen and oxygen atoms in total. The molecule has 0 saturated heterocycles. The van der Waals surface area contributed by atoms with E-state index in [0.717, 1.165) is 18.2 Å². The molecule has 0 aromatic heterocycles. The van der Waals surface area contributed by atoms with Crippen molar-refractivity contribution in [1.82, 2.24) is 3.89 Å². The topological polar surface area (TPSA) is 60.4 Å². The van der Waals surface area contributed by atoms with Gasteiger partial charge in [0, 0.05) is 11.4 Å². The van der Waals surface area contributed by atoms with E-state index in [1.165, 1.54) is 0 Å². The molecule has 1 heterocycles. The molecule has 0 saturated carbocycles. The summed E-state index contributed by atoms with van der Waals surface area (Å²) in [5.41, 5.74) is 0.940. The van der Waals surface area contributed by atoms with E-state index in [0.29, 0.717) is 23.6 Å². The van der Waals surface area contributed by atoms with Gasteiger partial charge < -0.3 is 4.74 Å². The Labute approximate surface area is 181 Å². The molecule has 0 bridgehead atoms. The fourth-order valence-electron chi connectivity index (χ4n) is 4.06. The lowest BCUT2D eigenvalue weighted by molar-refractivity contribution is -0.128. The van der Waals surface area contributed by atoms with Gasteiger partial charge in [0.15, 0.2) is 11.4 Å². The molecule has 1 aliphatic heterocycles. The lowest BCUT2D eigenvalue weighted by Crippen LogP contribution is -2.65. The number of fused-ring (bicyclic) bond motifs is 1. The van der Waals surface area contributed by atoms with Crippen molar-refractivity contribution in [3.63, 3.8) is 0 Å². The summed E-state index contributed by atoms with van der Waals surface area (Å²) >= 11 is 3.40. The maximum absolute atomic E-state index is 13.9. The van der Waals surface area contributed by atoms with Crippen LogP contribution >= 0.6 is 15.9 Å². The third-order valence-corrected chi connectivity index (χ3v) is 8.52. The Morgan fingerprint density at radius 1 is 1.07 bits per heavy atom. The SMILES string of the molecule is CC1C(=O)[N+](c2ccccc2OCCCCBr)(C(C)C)S(=O)(=O)c2ccccc21. The molecule has 2 unspecified atom stereocenters. The van der Waals surface area contributed by atoms with Crippen molar-refractivity contribution in [3.05, 3.63) is 54.1 Å². The van der Waals surface area contributed by atoms with Gasteiger partial charge in [0.1, 0.15) is 10.9 Å². The van der Waals surface area contributed by atoms with E-state index in [-0.39, 0.29) is 10.8 Å². The van der Waals surface area contributed by atoms with Crippen LogP contribution in [-0.2, 0) is 14.8 Å². The second-order valence-corrected chi connectivity index (χ2v) is 10.3. The summed E-state index contributed by atoms with van der Waals surface area (Å²) in [6, 6.07) is 13.3. The first-order valence-electron chi connectivity index (χ1n) is 9.85. The number of carbonyl (C=O) groups is 1. The zero-order chi connectivity index (χ0) is 21.2. The molecule has 29 heavy (non-hydrogen) atoms. The third-order valence-electron chi connectivity index (χ3n) is 5.48. The number of alkyl halides is 1. The molecule has 2 atom stereocenters. The number of rotatable bonds is 7. The van der Waals surface area contributed by atoms with Crippen molar-refractivity contribution in [2.24, 2.45) is 0 Å². The van der Waals surface area contributed by atoms with E-state index in [1.54, 1.807) is 69.3 Å². The van der Waals surface area contributed by atoms with Crippen LogP contribution in [0.3, 0.4) is 0 Å². The van der Waals surface area contributed by atoms with Crippen LogP contribution in [0.15, 0.2) is 53.4 Å². The number of unbranched alkanes of at least 4 members (excludes halogenated alkanes) is 1. The fourth-order valence-corrected chi connectivity index (χ4v) is 6.92. The minimum absolute atomic E-state index is 0.217. The van der Waals surface area contributed by atoms with Gasteiger partial charge in [-0.05, 0) is 51.3 Å². The number of para-hydroxylation sites is 2. The first kappa shape index (κ1) is 22.0. The van der Waals surface area contributed by atoms with Gasteiger partial charge >= 0.3 is 15.9 Å². The van der Waals surface area contributed by atoms with Crippen LogP contribution in [0, 0.1) is 0 Å². The second-order valence-electron chi connectivity index (χ2n) is 7.54. The number of hydrogen-bond acceptors (Lipinski definition) is 4. The number of carbonyl (C=O) groups excluding carboxylic acids is 1. The number of amides is 1. The van der Waals surface area contributed by atoms with Crippen molar-refractivity contribution >= 4 is 37.5 Å². The largest absolute Gasteiger partial charge is 0.487 e. The van der Waals surface area contributed by atoms with E-state index >= 15 is 0 Å². The van der Waals surface area contributed by atoms with E-state index in [4.69, 9.17) is 4.74 Å². The number of sulfonamides is 1. The highest BCUT2D eigenvalue weighted by molar-refractivity contribution is 9.09. The van der Waals surface area contributed by atoms with Crippen LogP contribution in [0.25, 0.3) is 0 Å². The standard InChI is InChI=1S/C22H27BrNO4S/c1-16(2)24(19-11-5-6-12-20(19)28-15-9-8-14-23)22(25)17(3)18-10-4-7-13-21(18)29(24,26)27/h4-7,10-13,16-17H,8-9,14-15H2,1-3H3/q+1. The Hall–Kier alpha value is -1.70. The van der Waals surface area contributed by atoms with E-state index in [1.807, 2.05) is 0 Å². The first-order valence-corrected chi connectivity index (χ1v) is 12.4. The minimum atomic E-state index is -4.04.